The molecule has 0 aliphatic heterocycles. The van der Waals surface area contributed by atoms with Gasteiger partial charge >= 0.3 is 12.1 Å². The molecule has 1 unspecified atom stereocenters. The largest absolute Gasteiger partial charge is 0.476 e. The Morgan fingerprint density at radius 1 is 1.10 bits per heavy atom. The van der Waals surface area contributed by atoms with Gasteiger partial charge in [0, 0.05) is 12.6 Å². The molecule has 8 heteroatoms. The van der Waals surface area contributed by atoms with Crippen LogP contribution in [0.4, 0.5) is 13.2 Å². The van der Waals surface area contributed by atoms with E-state index in [1.54, 1.807) is 0 Å². The SMILES string of the molecule is CC(c1ccccc1)N(Cc1ccc(C(F)(F)F)cc1)Cc1nc(C(=O)O)co1. The Kier molecular flexibility index (Phi) is 6.03. The summed E-state index contributed by atoms with van der Waals surface area (Å²) in [6.45, 7) is 2.49. The van der Waals surface area contributed by atoms with E-state index < -0.39 is 17.7 Å². The molecule has 0 aliphatic carbocycles. The number of aromatic nitrogens is 1. The molecule has 0 aliphatic rings. The van der Waals surface area contributed by atoms with Gasteiger partial charge < -0.3 is 9.52 Å². The molecule has 0 spiro atoms. The smallest absolute Gasteiger partial charge is 0.416 e. The first kappa shape index (κ1) is 20.6. The molecule has 0 amide bonds. The van der Waals surface area contributed by atoms with E-state index in [1.807, 2.05) is 42.2 Å². The molecule has 0 radical (unpaired) electrons. The third kappa shape index (κ3) is 5.23. The fourth-order valence-corrected chi connectivity index (χ4v) is 2.96. The molecule has 3 aromatic rings. The Bertz CT molecular complexity index is 953. The van der Waals surface area contributed by atoms with Crippen molar-refractivity contribution >= 4 is 5.97 Å². The van der Waals surface area contributed by atoms with Crippen LogP contribution in [0.25, 0.3) is 0 Å². The predicted octanol–water partition coefficient (Wildman–Crippen LogP) is 5.16. The van der Waals surface area contributed by atoms with Crippen LogP contribution in [-0.2, 0) is 19.3 Å². The third-order valence-electron chi connectivity index (χ3n) is 4.61. The van der Waals surface area contributed by atoms with E-state index in [0.29, 0.717) is 12.1 Å². The summed E-state index contributed by atoms with van der Waals surface area (Å²) >= 11 is 0. The maximum Gasteiger partial charge on any atom is 0.416 e. The second kappa shape index (κ2) is 8.48. The van der Waals surface area contributed by atoms with E-state index in [2.05, 4.69) is 4.98 Å². The molecule has 1 N–H and O–H groups in total. The minimum Gasteiger partial charge on any atom is -0.476 e. The van der Waals surface area contributed by atoms with E-state index in [-0.39, 0.29) is 24.2 Å². The number of nitrogens with zero attached hydrogens (tertiary/aromatic N) is 2. The lowest BCUT2D eigenvalue weighted by atomic mass is 10.1. The monoisotopic (exact) mass is 404 g/mol. The van der Waals surface area contributed by atoms with Crippen LogP contribution in [0.3, 0.4) is 0 Å². The minimum absolute atomic E-state index is 0.112. The van der Waals surface area contributed by atoms with Gasteiger partial charge in [0.2, 0.25) is 5.89 Å². The van der Waals surface area contributed by atoms with E-state index in [4.69, 9.17) is 9.52 Å². The summed E-state index contributed by atoms with van der Waals surface area (Å²) in [5.41, 5.74) is 0.791. The highest BCUT2D eigenvalue weighted by Gasteiger charge is 2.30. The van der Waals surface area contributed by atoms with Gasteiger partial charge in [-0.2, -0.15) is 13.2 Å². The Labute approximate surface area is 165 Å². The molecular weight excluding hydrogens is 385 g/mol. The normalized spacial score (nSPS) is 12.9. The Morgan fingerprint density at radius 2 is 1.76 bits per heavy atom. The van der Waals surface area contributed by atoms with Crippen molar-refractivity contribution < 1.29 is 27.5 Å². The highest BCUT2D eigenvalue weighted by molar-refractivity contribution is 5.84. The molecule has 1 aromatic heterocycles. The van der Waals surface area contributed by atoms with Crippen LogP contribution in [0.1, 0.15) is 46.0 Å². The Morgan fingerprint density at radius 3 is 2.31 bits per heavy atom. The van der Waals surface area contributed by atoms with Crippen molar-refractivity contribution in [2.24, 2.45) is 0 Å². The van der Waals surface area contributed by atoms with Gasteiger partial charge in [0.05, 0.1) is 12.1 Å². The first-order valence-electron chi connectivity index (χ1n) is 8.87. The lowest BCUT2D eigenvalue weighted by molar-refractivity contribution is -0.137. The van der Waals surface area contributed by atoms with Gasteiger partial charge in [-0.1, -0.05) is 42.5 Å². The zero-order valence-corrected chi connectivity index (χ0v) is 15.6. The fourth-order valence-electron chi connectivity index (χ4n) is 2.96. The summed E-state index contributed by atoms with van der Waals surface area (Å²) in [5.74, 6) is -0.970. The Balaban J connectivity index is 1.84. The summed E-state index contributed by atoms with van der Waals surface area (Å²) in [7, 11) is 0. The standard InChI is InChI=1S/C21H19F3N2O3/c1-14(16-5-3-2-4-6-16)26(12-19-25-18(13-29-19)20(27)28)11-15-7-9-17(10-8-15)21(22,23)24/h2-10,13-14H,11-12H2,1H3,(H,27,28). The van der Waals surface area contributed by atoms with Gasteiger partial charge in [-0.3, -0.25) is 4.90 Å². The summed E-state index contributed by atoms with van der Waals surface area (Å²) in [5, 5.41) is 9.02. The van der Waals surface area contributed by atoms with Gasteiger partial charge in [-0.05, 0) is 30.2 Å². The van der Waals surface area contributed by atoms with Crippen molar-refractivity contribution in [1.82, 2.24) is 9.88 Å². The fraction of sp³-hybridized carbons (Fsp3) is 0.238. The number of hydrogen-bond acceptors (Lipinski definition) is 4. The molecule has 2 aromatic carbocycles. The van der Waals surface area contributed by atoms with Gasteiger partial charge in [0.15, 0.2) is 5.69 Å². The van der Waals surface area contributed by atoms with E-state index in [0.717, 1.165) is 24.0 Å². The quantitative estimate of drug-likeness (QED) is 0.590. The van der Waals surface area contributed by atoms with Crippen LogP contribution < -0.4 is 0 Å². The molecule has 0 bridgehead atoms. The van der Waals surface area contributed by atoms with Crippen LogP contribution in [0.5, 0.6) is 0 Å². The van der Waals surface area contributed by atoms with Crippen LogP contribution in [0.2, 0.25) is 0 Å². The van der Waals surface area contributed by atoms with Crippen molar-refractivity contribution in [2.75, 3.05) is 0 Å². The molecule has 29 heavy (non-hydrogen) atoms. The van der Waals surface area contributed by atoms with Crippen molar-refractivity contribution in [1.29, 1.82) is 0 Å². The number of hydrogen-bond donors (Lipinski definition) is 1. The first-order chi connectivity index (χ1) is 13.7. The van der Waals surface area contributed by atoms with Crippen LogP contribution in [0, 0.1) is 0 Å². The summed E-state index contributed by atoms with van der Waals surface area (Å²) in [4.78, 5) is 16.9. The van der Waals surface area contributed by atoms with E-state index in [9.17, 15) is 18.0 Å². The number of alkyl halides is 3. The van der Waals surface area contributed by atoms with Gasteiger partial charge in [0.1, 0.15) is 6.26 Å². The zero-order chi connectivity index (χ0) is 21.0. The molecular formula is C21H19F3N2O3. The summed E-state index contributed by atoms with van der Waals surface area (Å²) < 4.78 is 43.7. The summed E-state index contributed by atoms with van der Waals surface area (Å²) in [6, 6.07) is 14.4. The number of carboxylic acids is 1. The number of carbonyl (C=O) groups is 1. The van der Waals surface area contributed by atoms with Crippen molar-refractivity contribution in [3.05, 3.63) is 89.1 Å². The molecule has 0 saturated carbocycles. The number of carboxylic acid groups (broad SMARTS) is 1. The van der Waals surface area contributed by atoms with Crippen LogP contribution in [0.15, 0.2) is 65.3 Å². The summed E-state index contributed by atoms with van der Waals surface area (Å²) in [6.07, 6.45) is -3.32. The number of rotatable bonds is 7. The second-order valence-corrected chi connectivity index (χ2v) is 6.62. The van der Waals surface area contributed by atoms with Gasteiger partial charge in [-0.25, -0.2) is 9.78 Å². The minimum atomic E-state index is -4.39. The Hall–Kier alpha value is -3.13. The highest BCUT2D eigenvalue weighted by Crippen LogP contribution is 2.30. The molecule has 152 valence electrons. The molecule has 0 saturated heterocycles. The second-order valence-electron chi connectivity index (χ2n) is 6.62. The number of aromatic carboxylic acids is 1. The average molecular weight is 404 g/mol. The van der Waals surface area contributed by atoms with Gasteiger partial charge in [-0.15, -0.1) is 0 Å². The average Bonchev–Trinajstić information content (AvgIpc) is 3.16. The number of oxazole rings is 1. The van der Waals surface area contributed by atoms with Gasteiger partial charge in [0.25, 0.3) is 0 Å². The molecule has 1 heterocycles. The predicted molar refractivity (Wildman–Crippen MR) is 99.0 cm³/mol. The lowest BCUT2D eigenvalue weighted by Gasteiger charge is -2.28. The number of benzene rings is 2. The maximum absolute atomic E-state index is 12.8. The first-order valence-corrected chi connectivity index (χ1v) is 8.87. The van der Waals surface area contributed by atoms with Crippen molar-refractivity contribution in [3.63, 3.8) is 0 Å². The molecule has 1 atom stereocenters. The molecule has 3 rings (SSSR count). The molecule has 5 nitrogen and oxygen atoms in total. The van der Waals surface area contributed by atoms with Crippen LogP contribution in [-0.4, -0.2) is 21.0 Å². The molecule has 0 fully saturated rings. The maximum atomic E-state index is 12.8. The highest BCUT2D eigenvalue weighted by atomic mass is 19.4. The van der Waals surface area contributed by atoms with Crippen molar-refractivity contribution in [2.45, 2.75) is 32.2 Å². The topological polar surface area (TPSA) is 66.6 Å². The zero-order valence-electron chi connectivity index (χ0n) is 15.6. The van der Waals surface area contributed by atoms with Crippen molar-refractivity contribution in [3.8, 4) is 0 Å². The van der Waals surface area contributed by atoms with E-state index >= 15 is 0 Å². The van der Waals surface area contributed by atoms with E-state index in [1.165, 1.54) is 12.1 Å². The number of halogens is 3. The lowest BCUT2D eigenvalue weighted by Crippen LogP contribution is -2.26. The van der Waals surface area contributed by atoms with Crippen LogP contribution >= 0.6 is 0 Å². The third-order valence-corrected chi connectivity index (χ3v) is 4.61.